The van der Waals surface area contributed by atoms with Gasteiger partial charge in [-0.2, -0.15) is 0 Å². The van der Waals surface area contributed by atoms with E-state index in [4.69, 9.17) is 0 Å². The summed E-state index contributed by atoms with van der Waals surface area (Å²) in [7, 11) is 0.850. The van der Waals surface area contributed by atoms with Gasteiger partial charge in [0.15, 0.2) is 0 Å². The first-order valence-corrected chi connectivity index (χ1v) is 5.72. The Labute approximate surface area is 63.5 Å². The summed E-state index contributed by atoms with van der Waals surface area (Å²) in [5.74, 6) is 0. The molecule has 0 fully saturated rings. The van der Waals surface area contributed by atoms with Crippen molar-refractivity contribution >= 4 is 20.6 Å². The van der Waals surface area contributed by atoms with Crippen molar-refractivity contribution in [2.24, 2.45) is 0 Å². The third-order valence-corrected chi connectivity index (χ3v) is 4.90. The van der Waals surface area contributed by atoms with Crippen molar-refractivity contribution < 1.29 is 4.21 Å². The minimum Gasteiger partial charge on any atom is -0.248 e. The maximum absolute atomic E-state index is 11.0. The quantitative estimate of drug-likeness (QED) is 0.598. The second kappa shape index (κ2) is 4.34. The summed E-state index contributed by atoms with van der Waals surface area (Å²) in [4.78, 5) is 0. The Bertz CT molecular complexity index is 99.2. The average molecular weight is 166 g/mol. The van der Waals surface area contributed by atoms with Gasteiger partial charge in [0.2, 0.25) is 0 Å². The Morgan fingerprint density at radius 2 is 1.67 bits per heavy atom. The lowest BCUT2D eigenvalue weighted by atomic mass is 10.6. The molecule has 0 radical (unpaired) electrons. The van der Waals surface area contributed by atoms with E-state index in [1.807, 2.05) is 13.8 Å². The molecule has 0 aliphatic carbocycles. The van der Waals surface area contributed by atoms with Crippen molar-refractivity contribution in [3.63, 3.8) is 0 Å². The van der Waals surface area contributed by atoms with Gasteiger partial charge in [-0.25, -0.2) is 4.21 Å². The molecule has 3 heteroatoms. The Morgan fingerprint density at radius 1 is 1.22 bits per heavy atom. The molecule has 56 valence electrons. The lowest BCUT2D eigenvalue weighted by molar-refractivity contribution is 0.686. The van der Waals surface area contributed by atoms with Gasteiger partial charge in [-0.05, 0) is 0 Å². The van der Waals surface area contributed by atoms with Crippen LogP contribution in [0.4, 0.5) is 0 Å². The molecular formula is C6H14OS2. The molecule has 0 aliphatic heterocycles. The Morgan fingerprint density at radius 3 is 1.78 bits per heavy atom. The molecule has 0 unspecified atom stereocenters. The fraction of sp³-hybridized carbons (Fsp3) is 1.00. The van der Waals surface area contributed by atoms with Crippen LogP contribution in [0.25, 0.3) is 0 Å². The largest absolute Gasteiger partial charge is 0.248 e. The van der Waals surface area contributed by atoms with Crippen LogP contribution in [0.15, 0.2) is 0 Å². The summed E-state index contributed by atoms with van der Waals surface area (Å²) >= 11 is 0. The lowest BCUT2D eigenvalue weighted by Gasteiger charge is -2.05. The third-order valence-electron chi connectivity index (χ3n) is 0.672. The molecule has 0 rings (SSSR count). The molecule has 1 atom stereocenters. The van der Waals surface area contributed by atoms with Crippen LogP contribution >= 0.6 is 10.8 Å². The van der Waals surface area contributed by atoms with E-state index < -0.39 is 9.83 Å². The molecule has 0 N–H and O–H groups in total. The molecule has 9 heavy (non-hydrogen) atoms. The highest BCUT2D eigenvalue weighted by Crippen LogP contribution is 2.17. The minimum atomic E-state index is -0.685. The van der Waals surface area contributed by atoms with Gasteiger partial charge in [0.25, 0.3) is 0 Å². The molecule has 0 aromatic carbocycles. The Balaban J connectivity index is 3.51. The molecule has 0 saturated carbocycles. The monoisotopic (exact) mass is 166 g/mol. The van der Waals surface area contributed by atoms with E-state index >= 15 is 0 Å². The van der Waals surface area contributed by atoms with E-state index in [2.05, 4.69) is 13.8 Å². The van der Waals surface area contributed by atoms with E-state index in [1.165, 1.54) is 10.8 Å². The lowest BCUT2D eigenvalue weighted by Crippen LogP contribution is -2.03. The highest BCUT2D eigenvalue weighted by molar-refractivity contribution is 8.69. The standard InChI is InChI=1S/C6H14OS2/c1-5(2)8-9(7)6(3)4/h5-6H,1-4H3/t9-/m0/s1. The molecule has 0 aliphatic rings. The molecular weight excluding hydrogens is 152 g/mol. The van der Waals surface area contributed by atoms with Crippen molar-refractivity contribution in [2.75, 3.05) is 0 Å². The van der Waals surface area contributed by atoms with Crippen LogP contribution in [-0.4, -0.2) is 14.7 Å². The summed E-state index contributed by atoms with van der Waals surface area (Å²) < 4.78 is 11.0. The van der Waals surface area contributed by atoms with Crippen LogP contribution in [0.2, 0.25) is 0 Å². The first-order chi connectivity index (χ1) is 4.04. The fourth-order valence-corrected chi connectivity index (χ4v) is 2.71. The third kappa shape index (κ3) is 4.97. The Hall–Kier alpha value is 0.500. The van der Waals surface area contributed by atoms with Crippen LogP contribution in [0.1, 0.15) is 27.7 Å². The van der Waals surface area contributed by atoms with Gasteiger partial charge >= 0.3 is 0 Å². The predicted molar refractivity (Wildman–Crippen MR) is 46.0 cm³/mol. The maximum Gasteiger partial charge on any atom is 0.0832 e. The van der Waals surface area contributed by atoms with Gasteiger partial charge in [-0.1, -0.05) is 38.5 Å². The van der Waals surface area contributed by atoms with Gasteiger partial charge in [0.1, 0.15) is 0 Å². The number of hydrogen-bond donors (Lipinski definition) is 0. The molecule has 0 aromatic rings. The normalized spacial score (nSPS) is 14.9. The molecule has 0 saturated heterocycles. The SMILES string of the molecule is CC(C)S[S@](=O)C(C)C. The summed E-state index contributed by atoms with van der Waals surface area (Å²) in [5, 5.41) is 0.769. The zero-order chi connectivity index (χ0) is 7.44. The van der Waals surface area contributed by atoms with Crippen molar-refractivity contribution in [3.05, 3.63) is 0 Å². The van der Waals surface area contributed by atoms with E-state index in [1.54, 1.807) is 0 Å². The molecule has 0 spiro atoms. The smallest absolute Gasteiger partial charge is 0.0832 e. The number of rotatable bonds is 3. The van der Waals surface area contributed by atoms with E-state index in [0.29, 0.717) is 5.25 Å². The molecule has 0 amide bonds. The van der Waals surface area contributed by atoms with Crippen molar-refractivity contribution in [1.82, 2.24) is 0 Å². The zero-order valence-electron chi connectivity index (χ0n) is 6.38. The van der Waals surface area contributed by atoms with E-state index in [0.717, 1.165) is 0 Å². The highest BCUT2D eigenvalue weighted by Gasteiger charge is 2.06. The van der Waals surface area contributed by atoms with Gasteiger partial charge in [0, 0.05) is 10.5 Å². The highest BCUT2D eigenvalue weighted by atomic mass is 33.1. The Kier molecular flexibility index (Phi) is 4.58. The van der Waals surface area contributed by atoms with Gasteiger partial charge in [-0.15, -0.1) is 0 Å². The van der Waals surface area contributed by atoms with Crippen LogP contribution in [-0.2, 0) is 9.83 Å². The topological polar surface area (TPSA) is 17.1 Å². The molecule has 0 bridgehead atoms. The molecule has 0 aromatic heterocycles. The zero-order valence-corrected chi connectivity index (χ0v) is 8.01. The molecule has 1 nitrogen and oxygen atoms in total. The number of hydrogen-bond acceptors (Lipinski definition) is 2. The maximum atomic E-state index is 11.0. The van der Waals surface area contributed by atoms with Crippen LogP contribution in [0.5, 0.6) is 0 Å². The van der Waals surface area contributed by atoms with Crippen molar-refractivity contribution in [2.45, 2.75) is 38.2 Å². The molecule has 0 heterocycles. The minimum absolute atomic E-state index is 0.289. The summed E-state index contributed by atoms with van der Waals surface area (Å²) in [6.45, 7) is 8.08. The van der Waals surface area contributed by atoms with E-state index in [9.17, 15) is 4.21 Å². The van der Waals surface area contributed by atoms with Crippen LogP contribution < -0.4 is 0 Å². The van der Waals surface area contributed by atoms with Crippen LogP contribution in [0.3, 0.4) is 0 Å². The second-order valence-electron chi connectivity index (χ2n) is 2.45. The first kappa shape index (κ1) is 9.50. The fourth-order valence-electron chi connectivity index (χ4n) is 0.301. The van der Waals surface area contributed by atoms with Crippen molar-refractivity contribution in [1.29, 1.82) is 0 Å². The van der Waals surface area contributed by atoms with Gasteiger partial charge in [-0.3, -0.25) is 0 Å². The summed E-state index contributed by atoms with van der Waals surface area (Å²) in [6.07, 6.45) is 0. The summed E-state index contributed by atoms with van der Waals surface area (Å²) in [6, 6.07) is 0. The van der Waals surface area contributed by atoms with Crippen molar-refractivity contribution in [3.8, 4) is 0 Å². The van der Waals surface area contributed by atoms with E-state index in [-0.39, 0.29) is 5.25 Å². The van der Waals surface area contributed by atoms with Crippen LogP contribution in [0, 0.1) is 0 Å². The first-order valence-electron chi connectivity index (χ1n) is 3.11. The second-order valence-corrected chi connectivity index (χ2v) is 6.62. The van der Waals surface area contributed by atoms with Gasteiger partial charge in [0.05, 0.1) is 9.83 Å². The average Bonchev–Trinajstić information content (AvgIpc) is 1.63. The predicted octanol–water partition coefficient (Wildman–Crippen LogP) is 2.20. The van der Waals surface area contributed by atoms with Gasteiger partial charge < -0.3 is 0 Å². The summed E-state index contributed by atoms with van der Waals surface area (Å²) in [5.41, 5.74) is 0.